The standard InChI is InChI=1S/C24H30N2O/c1-2-24(27)26(22-12-4-3-5-13-22)18-19-9-8-14-25(17-19)23-15-20-10-6-7-11-21(20)16-23/h3-7,10-13,19,23H,2,8-9,14-18H2,1H3. The molecule has 2 aliphatic rings. The summed E-state index contributed by atoms with van der Waals surface area (Å²) >= 11 is 0. The summed E-state index contributed by atoms with van der Waals surface area (Å²) in [4.78, 5) is 17.3. The van der Waals surface area contributed by atoms with Crippen molar-refractivity contribution in [3.8, 4) is 0 Å². The van der Waals surface area contributed by atoms with E-state index in [9.17, 15) is 4.79 Å². The molecule has 1 aliphatic heterocycles. The fourth-order valence-electron chi connectivity index (χ4n) is 4.78. The van der Waals surface area contributed by atoms with Crippen molar-refractivity contribution in [2.45, 2.75) is 45.1 Å². The molecule has 1 heterocycles. The Kier molecular flexibility index (Phi) is 5.58. The first-order valence-corrected chi connectivity index (χ1v) is 10.4. The molecule has 142 valence electrons. The summed E-state index contributed by atoms with van der Waals surface area (Å²) in [5.41, 5.74) is 4.09. The Morgan fingerprint density at radius 2 is 1.70 bits per heavy atom. The first-order chi connectivity index (χ1) is 13.2. The predicted octanol–water partition coefficient (Wildman–Crippen LogP) is 4.31. The molecule has 0 aromatic heterocycles. The Hall–Kier alpha value is -2.13. The zero-order chi connectivity index (χ0) is 18.6. The van der Waals surface area contributed by atoms with Gasteiger partial charge in [0, 0.05) is 31.2 Å². The van der Waals surface area contributed by atoms with Crippen molar-refractivity contribution < 1.29 is 4.79 Å². The average Bonchev–Trinajstić information content (AvgIpc) is 3.17. The van der Waals surface area contributed by atoms with E-state index in [2.05, 4.69) is 41.3 Å². The molecule has 1 atom stereocenters. The van der Waals surface area contributed by atoms with E-state index in [-0.39, 0.29) is 5.91 Å². The summed E-state index contributed by atoms with van der Waals surface area (Å²) in [5, 5.41) is 0. The van der Waals surface area contributed by atoms with E-state index in [0.717, 1.165) is 18.8 Å². The average molecular weight is 363 g/mol. The fraction of sp³-hybridized carbons (Fsp3) is 0.458. The fourth-order valence-corrected chi connectivity index (χ4v) is 4.78. The lowest BCUT2D eigenvalue weighted by molar-refractivity contribution is -0.118. The van der Waals surface area contributed by atoms with Crippen molar-refractivity contribution in [3.05, 3.63) is 65.7 Å². The van der Waals surface area contributed by atoms with Crippen molar-refractivity contribution in [2.75, 3.05) is 24.5 Å². The van der Waals surface area contributed by atoms with Crippen LogP contribution in [0.2, 0.25) is 0 Å². The Labute approximate surface area is 163 Å². The number of rotatable bonds is 5. The minimum Gasteiger partial charge on any atom is -0.312 e. The Bertz CT molecular complexity index is 748. The number of hydrogen-bond acceptors (Lipinski definition) is 2. The molecule has 0 bridgehead atoms. The topological polar surface area (TPSA) is 23.6 Å². The Morgan fingerprint density at radius 3 is 2.37 bits per heavy atom. The van der Waals surface area contributed by atoms with Gasteiger partial charge in [0.25, 0.3) is 0 Å². The highest BCUT2D eigenvalue weighted by molar-refractivity contribution is 5.93. The lowest BCUT2D eigenvalue weighted by Crippen LogP contribution is -2.47. The molecule has 0 saturated carbocycles. The molecule has 1 fully saturated rings. The number of benzene rings is 2. The van der Waals surface area contributed by atoms with Crippen LogP contribution in [0.1, 0.15) is 37.3 Å². The van der Waals surface area contributed by atoms with Gasteiger partial charge in [-0.05, 0) is 61.4 Å². The van der Waals surface area contributed by atoms with Gasteiger partial charge in [-0.15, -0.1) is 0 Å². The molecule has 0 radical (unpaired) electrons. The number of amides is 1. The maximum Gasteiger partial charge on any atom is 0.226 e. The third-order valence-electron chi connectivity index (χ3n) is 6.21. The van der Waals surface area contributed by atoms with Gasteiger partial charge in [-0.3, -0.25) is 9.69 Å². The van der Waals surface area contributed by atoms with Gasteiger partial charge in [0.05, 0.1) is 0 Å². The number of likely N-dealkylation sites (tertiary alicyclic amines) is 1. The molecule has 1 saturated heterocycles. The molecular formula is C24H30N2O. The van der Waals surface area contributed by atoms with Gasteiger partial charge in [0.1, 0.15) is 0 Å². The number of para-hydroxylation sites is 1. The van der Waals surface area contributed by atoms with Crippen LogP contribution < -0.4 is 4.90 Å². The smallest absolute Gasteiger partial charge is 0.226 e. The molecule has 1 unspecified atom stereocenters. The van der Waals surface area contributed by atoms with Gasteiger partial charge in [-0.25, -0.2) is 0 Å². The van der Waals surface area contributed by atoms with E-state index < -0.39 is 0 Å². The van der Waals surface area contributed by atoms with Gasteiger partial charge >= 0.3 is 0 Å². The molecule has 1 aliphatic carbocycles. The Balaban J connectivity index is 1.43. The maximum atomic E-state index is 12.6. The number of nitrogens with zero attached hydrogens (tertiary/aromatic N) is 2. The molecule has 3 heteroatoms. The molecule has 27 heavy (non-hydrogen) atoms. The van der Waals surface area contributed by atoms with Crippen LogP contribution in [0.25, 0.3) is 0 Å². The summed E-state index contributed by atoms with van der Waals surface area (Å²) in [6.45, 7) is 5.11. The van der Waals surface area contributed by atoms with Crippen LogP contribution in [-0.2, 0) is 17.6 Å². The highest BCUT2D eigenvalue weighted by Crippen LogP contribution is 2.29. The lowest BCUT2D eigenvalue weighted by Gasteiger charge is -2.38. The Morgan fingerprint density at radius 1 is 1.04 bits per heavy atom. The molecule has 4 rings (SSSR count). The first-order valence-electron chi connectivity index (χ1n) is 10.4. The predicted molar refractivity (Wildman–Crippen MR) is 111 cm³/mol. The van der Waals surface area contributed by atoms with Crippen LogP contribution in [0, 0.1) is 5.92 Å². The van der Waals surface area contributed by atoms with Crippen molar-refractivity contribution in [1.82, 2.24) is 4.90 Å². The number of carbonyl (C=O) groups excluding carboxylic acids is 1. The molecule has 3 nitrogen and oxygen atoms in total. The van der Waals surface area contributed by atoms with E-state index in [1.54, 1.807) is 0 Å². The SMILES string of the molecule is CCC(=O)N(CC1CCCN(C2Cc3ccccc3C2)C1)c1ccccc1. The third-order valence-corrected chi connectivity index (χ3v) is 6.21. The number of carbonyl (C=O) groups is 1. The summed E-state index contributed by atoms with van der Waals surface area (Å²) < 4.78 is 0. The van der Waals surface area contributed by atoms with E-state index in [1.807, 2.05) is 30.0 Å². The first kappa shape index (κ1) is 18.2. The van der Waals surface area contributed by atoms with E-state index in [4.69, 9.17) is 0 Å². The second kappa shape index (κ2) is 8.26. The zero-order valence-corrected chi connectivity index (χ0v) is 16.3. The second-order valence-corrected chi connectivity index (χ2v) is 8.03. The highest BCUT2D eigenvalue weighted by atomic mass is 16.2. The summed E-state index contributed by atoms with van der Waals surface area (Å²) in [7, 11) is 0. The van der Waals surface area contributed by atoms with Gasteiger partial charge < -0.3 is 4.90 Å². The van der Waals surface area contributed by atoms with Gasteiger partial charge in [0.15, 0.2) is 0 Å². The molecule has 2 aromatic rings. The van der Waals surface area contributed by atoms with Crippen LogP contribution in [0.5, 0.6) is 0 Å². The summed E-state index contributed by atoms with van der Waals surface area (Å²) in [5.74, 6) is 0.782. The molecule has 0 N–H and O–H groups in total. The summed E-state index contributed by atoms with van der Waals surface area (Å²) in [6.07, 6.45) is 5.37. The van der Waals surface area contributed by atoms with Gasteiger partial charge in [0.2, 0.25) is 5.91 Å². The van der Waals surface area contributed by atoms with Gasteiger partial charge in [-0.2, -0.15) is 0 Å². The maximum absolute atomic E-state index is 12.6. The van der Waals surface area contributed by atoms with Crippen LogP contribution in [0.3, 0.4) is 0 Å². The monoisotopic (exact) mass is 362 g/mol. The number of anilines is 1. The van der Waals surface area contributed by atoms with E-state index in [0.29, 0.717) is 18.4 Å². The van der Waals surface area contributed by atoms with E-state index in [1.165, 1.54) is 43.4 Å². The normalized spacial score (nSPS) is 20.4. The minimum absolute atomic E-state index is 0.228. The van der Waals surface area contributed by atoms with Crippen molar-refractivity contribution in [2.24, 2.45) is 5.92 Å². The van der Waals surface area contributed by atoms with Crippen LogP contribution in [-0.4, -0.2) is 36.5 Å². The van der Waals surface area contributed by atoms with E-state index >= 15 is 0 Å². The lowest BCUT2D eigenvalue weighted by atomic mass is 9.95. The van der Waals surface area contributed by atoms with Gasteiger partial charge in [-0.1, -0.05) is 49.4 Å². The van der Waals surface area contributed by atoms with Crippen molar-refractivity contribution >= 4 is 11.6 Å². The number of fused-ring (bicyclic) bond motifs is 1. The minimum atomic E-state index is 0.228. The zero-order valence-electron chi connectivity index (χ0n) is 16.3. The second-order valence-electron chi connectivity index (χ2n) is 8.03. The molecular weight excluding hydrogens is 332 g/mol. The van der Waals surface area contributed by atoms with Crippen LogP contribution >= 0.6 is 0 Å². The molecule has 1 amide bonds. The van der Waals surface area contributed by atoms with Crippen molar-refractivity contribution in [3.63, 3.8) is 0 Å². The number of hydrogen-bond donors (Lipinski definition) is 0. The largest absolute Gasteiger partial charge is 0.312 e. The molecule has 2 aromatic carbocycles. The van der Waals surface area contributed by atoms with Crippen molar-refractivity contribution in [1.29, 1.82) is 0 Å². The highest BCUT2D eigenvalue weighted by Gasteiger charge is 2.31. The molecule has 0 spiro atoms. The van der Waals surface area contributed by atoms with Crippen LogP contribution in [0.4, 0.5) is 5.69 Å². The number of piperidine rings is 1. The van der Waals surface area contributed by atoms with Crippen LogP contribution in [0.15, 0.2) is 54.6 Å². The quantitative estimate of drug-likeness (QED) is 0.791. The summed E-state index contributed by atoms with van der Waals surface area (Å²) in [6, 6.07) is 19.7. The third kappa shape index (κ3) is 4.08.